The minimum Gasteiger partial charge on any atom is -0.462 e. The van der Waals surface area contributed by atoms with Gasteiger partial charge in [-0.15, -0.1) is 0 Å². The number of esters is 1. The molecule has 5 heteroatoms. The smallest absolute Gasteiger partial charge is 0.340 e. The Bertz CT molecular complexity index is 1060. The van der Waals surface area contributed by atoms with E-state index in [1.807, 2.05) is 24.3 Å². The first-order valence-corrected chi connectivity index (χ1v) is 9.78. The van der Waals surface area contributed by atoms with Crippen LogP contribution in [0.1, 0.15) is 51.6 Å². The van der Waals surface area contributed by atoms with Crippen molar-refractivity contribution >= 4 is 23.3 Å². The van der Waals surface area contributed by atoms with Crippen LogP contribution in [-0.4, -0.2) is 24.3 Å². The second kappa shape index (κ2) is 9.65. The van der Waals surface area contributed by atoms with Crippen LogP contribution < -0.4 is 5.32 Å². The van der Waals surface area contributed by atoms with Crippen LogP contribution in [-0.2, 0) is 9.53 Å². The third kappa shape index (κ3) is 4.81. The molecule has 0 bridgehead atoms. The highest BCUT2D eigenvalue weighted by atomic mass is 16.5. The molecule has 0 aliphatic rings. The number of hydrogen-bond acceptors (Lipinski definition) is 4. The first kappa shape index (κ1) is 21.0. The minimum atomic E-state index is -0.524. The first-order valence-electron chi connectivity index (χ1n) is 9.78. The summed E-state index contributed by atoms with van der Waals surface area (Å²) in [5.74, 6) is -1.39. The van der Waals surface area contributed by atoms with Crippen LogP contribution in [0.15, 0.2) is 78.9 Å². The molecule has 0 saturated carbocycles. The van der Waals surface area contributed by atoms with Gasteiger partial charge in [-0.3, -0.25) is 9.59 Å². The molecule has 0 unspecified atom stereocenters. The van der Waals surface area contributed by atoms with Crippen LogP contribution in [0.25, 0.3) is 0 Å². The Labute approximate surface area is 175 Å². The molecule has 0 aromatic heterocycles. The van der Waals surface area contributed by atoms with E-state index in [-0.39, 0.29) is 18.3 Å². The molecule has 0 aliphatic carbocycles. The third-order valence-corrected chi connectivity index (χ3v) is 4.76. The maximum Gasteiger partial charge on any atom is 0.340 e. The maximum atomic E-state index is 12.8. The van der Waals surface area contributed by atoms with Crippen LogP contribution in [0.2, 0.25) is 0 Å². The summed E-state index contributed by atoms with van der Waals surface area (Å²) in [7, 11) is 0. The lowest BCUT2D eigenvalue weighted by molar-refractivity contribution is -0.117. The number of para-hydroxylation sites is 1. The Kier molecular flexibility index (Phi) is 6.75. The largest absolute Gasteiger partial charge is 0.462 e. The first-order chi connectivity index (χ1) is 14.5. The number of nitrogens with one attached hydrogen (secondary N) is 1. The van der Waals surface area contributed by atoms with E-state index in [4.69, 9.17) is 4.74 Å². The average molecular weight is 401 g/mol. The highest BCUT2D eigenvalue weighted by molar-refractivity contribution is 6.09. The van der Waals surface area contributed by atoms with E-state index in [1.54, 1.807) is 68.4 Å². The second-order valence-corrected chi connectivity index (χ2v) is 6.80. The van der Waals surface area contributed by atoms with Gasteiger partial charge in [0.1, 0.15) is 0 Å². The summed E-state index contributed by atoms with van der Waals surface area (Å²) in [6.45, 7) is 3.74. The van der Waals surface area contributed by atoms with E-state index in [1.165, 1.54) is 0 Å². The summed E-state index contributed by atoms with van der Waals surface area (Å²) in [5.41, 5.74) is 2.51. The standard InChI is InChI=1S/C25H23NO4/c1-3-30-25(29)21-14-7-8-15-22(21)26-24(28)17(2)19-12-9-13-20(16-19)23(27)18-10-5-4-6-11-18/h4-17H,3H2,1-2H3,(H,26,28)/t17-/m0/s1. The van der Waals surface area contributed by atoms with E-state index >= 15 is 0 Å². The molecule has 30 heavy (non-hydrogen) atoms. The summed E-state index contributed by atoms with van der Waals surface area (Å²) in [6.07, 6.45) is 0. The monoisotopic (exact) mass is 401 g/mol. The number of carbonyl (C=O) groups is 3. The molecule has 1 amide bonds. The zero-order valence-corrected chi connectivity index (χ0v) is 16.9. The average Bonchev–Trinajstić information content (AvgIpc) is 2.79. The molecule has 3 aromatic rings. The zero-order valence-electron chi connectivity index (χ0n) is 16.9. The van der Waals surface area contributed by atoms with Crippen LogP contribution in [0.5, 0.6) is 0 Å². The lowest BCUT2D eigenvalue weighted by Crippen LogP contribution is -2.21. The van der Waals surface area contributed by atoms with Gasteiger partial charge in [-0.2, -0.15) is 0 Å². The third-order valence-electron chi connectivity index (χ3n) is 4.76. The number of rotatable bonds is 7. The molecule has 3 aromatic carbocycles. The van der Waals surface area contributed by atoms with Crippen molar-refractivity contribution in [2.24, 2.45) is 0 Å². The number of ether oxygens (including phenoxy) is 1. The van der Waals surface area contributed by atoms with E-state index in [0.29, 0.717) is 27.9 Å². The molecular formula is C25H23NO4. The predicted octanol–water partition coefficient (Wildman–Crippen LogP) is 4.84. The highest BCUT2D eigenvalue weighted by Gasteiger charge is 2.20. The van der Waals surface area contributed by atoms with Crippen LogP contribution in [0, 0.1) is 0 Å². The van der Waals surface area contributed by atoms with E-state index < -0.39 is 11.9 Å². The molecule has 3 rings (SSSR count). The Morgan fingerprint density at radius 2 is 1.53 bits per heavy atom. The summed E-state index contributed by atoms with van der Waals surface area (Å²) < 4.78 is 5.05. The molecule has 0 saturated heterocycles. The molecular weight excluding hydrogens is 378 g/mol. The van der Waals surface area contributed by atoms with Crippen LogP contribution in [0.4, 0.5) is 5.69 Å². The van der Waals surface area contributed by atoms with Gasteiger partial charge in [0.15, 0.2) is 5.78 Å². The molecule has 152 valence electrons. The number of carbonyl (C=O) groups excluding carboxylic acids is 3. The molecule has 0 spiro atoms. The number of benzene rings is 3. The van der Waals surface area contributed by atoms with Gasteiger partial charge >= 0.3 is 5.97 Å². The molecule has 5 nitrogen and oxygen atoms in total. The molecule has 1 N–H and O–H groups in total. The number of ketones is 1. The summed E-state index contributed by atoms with van der Waals surface area (Å²) in [4.78, 5) is 37.7. The van der Waals surface area contributed by atoms with Crippen molar-refractivity contribution in [2.45, 2.75) is 19.8 Å². The number of amides is 1. The van der Waals surface area contributed by atoms with Gasteiger partial charge < -0.3 is 10.1 Å². The minimum absolute atomic E-state index is 0.0993. The molecule has 0 fully saturated rings. The van der Waals surface area contributed by atoms with Gasteiger partial charge in [-0.1, -0.05) is 60.7 Å². The normalized spacial score (nSPS) is 11.4. The lowest BCUT2D eigenvalue weighted by Gasteiger charge is -2.15. The number of hydrogen-bond donors (Lipinski definition) is 1. The SMILES string of the molecule is CCOC(=O)c1ccccc1NC(=O)[C@@H](C)c1cccc(C(=O)c2ccccc2)c1. The van der Waals surface area contributed by atoms with Crippen LogP contribution >= 0.6 is 0 Å². The summed E-state index contributed by atoms with van der Waals surface area (Å²) in [6, 6.07) is 22.8. The fraction of sp³-hybridized carbons (Fsp3) is 0.160. The molecule has 0 aliphatic heterocycles. The Morgan fingerprint density at radius 3 is 2.27 bits per heavy atom. The molecule has 0 heterocycles. The van der Waals surface area contributed by atoms with Crippen molar-refractivity contribution in [2.75, 3.05) is 11.9 Å². The van der Waals surface area contributed by atoms with Crippen molar-refractivity contribution in [1.29, 1.82) is 0 Å². The van der Waals surface area contributed by atoms with Gasteiger partial charge in [0.05, 0.1) is 23.8 Å². The van der Waals surface area contributed by atoms with Crippen molar-refractivity contribution < 1.29 is 19.1 Å². The number of anilines is 1. The van der Waals surface area contributed by atoms with Gasteiger partial charge in [0, 0.05) is 11.1 Å². The van der Waals surface area contributed by atoms with E-state index in [0.717, 1.165) is 0 Å². The van der Waals surface area contributed by atoms with Crippen molar-refractivity contribution in [3.63, 3.8) is 0 Å². The predicted molar refractivity (Wildman–Crippen MR) is 116 cm³/mol. The van der Waals surface area contributed by atoms with Gasteiger partial charge in [-0.05, 0) is 37.6 Å². The Hall–Kier alpha value is -3.73. The highest BCUT2D eigenvalue weighted by Crippen LogP contribution is 2.23. The van der Waals surface area contributed by atoms with Gasteiger partial charge in [0.2, 0.25) is 5.91 Å². The quantitative estimate of drug-likeness (QED) is 0.454. The maximum absolute atomic E-state index is 12.8. The van der Waals surface area contributed by atoms with Crippen molar-refractivity contribution in [3.8, 4) is 0 Å². The molecule has 1 atom stereocenters. The Morgan fingerprint density at radius 1 is 0.867 bits per heavy atom. The second-order valence-electron chi connectivity index (χ2n) is 6.80. The zero-order chi connectivity index (χ0) is 21.5. The summed E-state index contributed by atoms with van der Waals surface area (Å²) in [5, 5.41) is 2.80. The Balaban J connectivity index is 1.79. The van der Waals surface area contributed by atoms with Crippen molar-refractivity contribution in [1.82, 2.24) is 0 Å². The van der Waals surface area contributed by atoms with Gasteiger partial charge in [-0.25, -0.2) is 4.79 Å². The van der Waals surface area contributed by atoms with Crippen LogP contribution in [0.3, 0.4) is 0 Å². The van der Waals surface area contributed by atoms with E-state index in [2.05, 4.69) is 5.32 Å². The lowest BCUT2D eigenvalue weighted by atomic mass is 9.95. The van der Waals surface area contributed by atoms with E-state index in [9.17, 15) is 14.4 Å². The van der Waals surface area contributed by atoms with Crippen molar-refractivity contribution in [3.05, 3.63) is 101 Å². The fourth-order valence-corrected chi connectivity index (χ4v) is 3.08. The summed E-state index contributed by atoms with van der Waals surface area (Å²) >= 11 is 0. The topological polar surface area (TPSA) is 72.5 Å². The van der Waals surface area contributed by atoms with Gasteiger partial charge in [0.25, 0.3) is 0 Å². The fourth-order valence-electron chi connectivity index (χ4n) is 3.08. The molecule has 0 radical (unpaired) electrons.